The Morgan fingerprint density at radius 1 is 1.17 bits per heavy atom. The molecule has 0 saturated carbocycles. The Labute approximate surface area is 141 Å². The van der Waals surface area contributed by atoms with E-state index >= 15 is 0 Å². The van der Waals surface area contributed by atoms with Crippen molar-refractivity contribution in [3.8, 4) is 17.2 Å². The highest BCUT2D eigenvalue weighted by molar-refractivity contribution is 7.91. The molecule has 1 aromatic rings. The highest BCUT2D eigenvalue weighted by atomic mass is 32.2. The van der Waals surface area contributed by atoms with E-state index < -0.39 is 15.9 Å². The first-order valence-electron chi connectivity index (χ1n) is 7.43. The number of carbonyl (C=O) groups excluding carboxylic acids is 1. The number of hydrogen-bond acceptors (Lipinski definition) is 6. The van der Waals surface area contributed by atoms with Gasteiger partial charge in [0.05, 0.1) is 38.5 Å². The van der Waals surface area contributed by atoms with Crippen molar-refractivity contribution in [3.05, 3.63) is 12.1 Å². The minimum Gasteiger partial charge on any atom is -0.493 e. The molecule has 1 fully saturated rings. The highest BCUT2D eigenvalue weighted by Crippen LogP contribution is 2.39. The van der Waals surface area contributed by atoms with E-state index in [4.69, 9.17) is 14.2 Å². The van der Waals surface area contributed by atoms with Crippen LogP contribution < -0.4 is 24.8 Å². The lowest BCUT2D eigenvalue weighted by molar-refractivity contribution is 0.250. The van der Waals surface area contributed by atoms with Crippen LogP contribution >= 0.6 is 0 Å². The van der Waals surface area contributed by atoms with E-state index in [1.165, 1.54) is 21.3 Å². The second-order valence-corrected chi connectivity index (χ2v) is 7.75. The largest absolute Gasteiger partial charge is 0.493 e. The summed E-state index contributed by atoms with van der Waals surface area (Å²) in [6.45, 7) is 0.315. The summed E-state index contributed by atoms with van der Waals surface area (Å²) in [4.78, 5) is 12.0. The summed E-state index contributed by atoms with van der Waals surface area (Å²) in [5, 5.41) is 5.36. The van der Waals surface area contributed by atoms with Crippen LogP contribution in [0.15, 0.2) is 12.1 Å². The van der Waals surface area contributed by atoms with Gasteiger partial charge in [-0.3, -0.25) is 0 Å². The fourth-order valence-corrected chi connectivity index (χ4v) is 4.46. The Kier molecular flexibility index (Phi) is 5.76. The van der Waals surface area contributed by atoms with Gasteiger partial charge in [0.1, 0.15) is 0 Å². The summed E-state index contributed by atoms with van der Waals surface area (Å²) >= 11 is 0. The molecule has 0 aromatic heterocycles. The van der Waals surface area contributed by atoms with Crippen LogP contribution in [0.3, 0.4) is 0 Å². The van der Waals surface area contributed by atoms with Crippen molar-refractivity contribution < 1.29 is 27.4 Å². The molecule has 1 heterocycles. The molecular formula is C15H22N2O6S. The molecule has 134 valence electrons. The molecule has 1 aliphatic rings. The molecule has 1 saturated heterocycles. The van der Waals surface area contributed by atoms with E-state index in [2.05, 4.69) is 10.6 Å². The van der Waals surface area contributed by atoms with Gasteiger partial charge in [0.15, 0.2) is 21.3 Å². The van der Waals surface area contributed by atoms with E-state index in [9.17, 15) is 13.2 Å². The summed E-state index contributed by atoms with van der Waals surface area (Å²) in [7, 11) is 1.52. The number of urea groups is 1. The normalized spacial score (nSPS) is 18.7. The Balaban J connectivity index is 1.98. The van der Waals surface area contributed by atoms with Gasteiger partial charge in [-0.05, 0) is 12.3 Å². The number of anilines is 1. The third-order valence-electron chi connectivity index (χ3n) is 3.80. The average Bonchev–Trinajstić information content (AvgIpc) is 2.91. The second-order valence-electron chi connectivity index (χ2n) is 5.52. The van der Waals surface area contributed by atoms with E-state index in [1.54, 1.807) is 12.1 Å². The lowest BCUT2D eigenvalue weighted by Crippen LogP contribution is -2.33. The Bertz CT molecular complexity index is 679. The number of ether oxygens (including phenoxy) is 3. The first-order chi connectivity index (χ1) is 11.4. The molecule has 1 unspecified atom stereocenters. The van der Waals surface area contributed by atoms with Gasteiger partial charge in [-0.25, -0.2) is 13.2 Å². The molecule has 0 bridgehead atoms. The van der Waals surface area contributed by atoms with Gasteiger partial charge < -0.3 is 24.8 Å². The van der Waals surface area contributed by atoms with Gasteiger partial charge >= 0.3 is 6.03 Å². The van der Waals surface area contributed by atoms with Crippen molar-refractivity contribution in [2.45, 2.75) is 6.42 Å². The van der Waals surface area contributed by atoms with Crippen LogP contribution in [0.25, 0.3) is 0 Å². The van der Waals surface area contributed by atoms with Gasteiger partial charge in [-0.1, -0.05) is 0 Å². The summed E-state index contributed by atoms with van der Waals surface area (Å²) in [6.07, 6.45) is 0.576. The third-order valence-corrected chi connectivity index (χ3v) is 5.64. The molecule has 1 aromatic carbocycles. The molecular weight excluding hydrogens is 336 g/mol. The lowest BCUT2D eigenvalue weighted by atomic mass is 10.1. The fraction of sp³-hybridized carbons (Fsp3) is 0.533. The fourth-order valence-electron chi connectivity index (χ4n) is 2.60. The molecule has 0 radical (unpaired) electrons. The van der Waals surface area contributed by atoms with Crippen molar-refractivity contribution in [2.75, 3.05) is 44.7 Å². The molecule has 0 aliphatic carbocycles. The van der Waals surface area contributed by atoms with Crippen LogP contribution in [0.2, 0.25) is 0 Å². The SMILES string of the molecule is COc1cc(NC(=O)NCC2CCS(=O)(=O)C2)cc(OC)c1OC. The zero-order valence-electron chi connectivity index (χ0n) is 13.9. The standard InChI is InChI=1S/C15H22N2O6S/c1-21-12-6-11(7-13(22-2)14(12)23-3)17-15(18)16-8-10-4-5-24(19,20)9-10/h6-7,10H,4-5,8-9H2,1-3H3,(H2,16,17,18). The van der Waals surface area contributed by atoms with E-state index in [-0.39, 0.29) is 17.4 Å². The zero-order chi connectivity index (χ0) is 17.7. The number of sulfone groups is 1. The summed E-state index contributed by atoms with van der Waals surface area (Å²) in [6, 6.07) is 2.80. The van der Waals surface area contributed by atoms with Crippen molar-refractivity contribution >= 4 is 21.6 Å². The van der Waals surface area contributed by atoms with Gasteiger partial charge in [0, 0.05) is 18.7 Å². The number of benzene rings is 1. The number of methoxy groups -OCH3 is 3. The van der Waals surface area contributed by atoms with E-state index in [0.717, 1.165) is 0 Å². The Hall–Kier alpha value is -2.16. The Morgan fingerprint density at radius 3 is 2.25 bits per heavy atom. The van der Waals surface area contributed by atoms with Crippen molar-refractivity contribution in [1.82, 2.24) is 5.32 Å². The van der Waals surface area contributed by atoms with Gasteiger partial charge in [0.25, 0.3) is 0 Å². The molecule has 24 heavy (non-hydrogen) atoms. The molecule has 1 aliphatic heterocycles. The monoisotopic (exact) mass is 358 g/mol. The smallest absolute Gasteiger partial charge is 0.319 e. The minimum atomic E-state index is -2.95. The van der Waals surface area contributed by atoms with Gasteiger partial charge in [0.2, 0.25) is 5.75 Å². The van der Waals surface area contributed by atoms with Crippen LogP contribution in [-0.2, 0) is 9.84 Å². The average molecular weight is 358 g/mol. The van der Waals surface area contributed by atoms with Crippen molar-refractivity contribution in [1.29, 1.82) is 0 Å². The number of amides is 2. The van der Waals surface area contributed by atoms with Crippen molar-refractivity contribution in [2.24, 2.45) is 5.92 Å². The predicted molar refractivity (Wildman–Crippen MR) is 89.9 cm³/mol. The molecule has 0 spiro atoms. The molecule has 8 nitrogen and oxygen atoms in total. The second kappa shape index (κ2) is 7.61. The van der Waals surface area contributed by atoms with Crippen molar-refractivity contribution in [3.63, 3.8) is 0 Å². The molecule has 2 N–H and O–H groups in total. The van der Waals surface area contributed by atoms with E-state index in [0.29, 0.717) is 35.9 Å². The number of nitrogens with one attached hydrogen (secondary N) is 2. The summed E-state index contributed by atoms with van der Waals surface area (Å²) in [5.41, 5.74) is 0.473. The van der Waals surface area contributed by atoms with Crippen LogP contribution in [-0.4, -0.2) is 53.8 Å². The quantitative estimate of drug-likeness (QED) is 0.794. The van der Waals surface area contributed by atoms with E-state index in [1.807, 2.05) is 0 Å². The number of rotatable bonds is 6. The van der Waals surface area contributed by atoms with Crippen LogP contribution in [0, 0.1) is 5.92 Å². The number of hydrogen-bond donors (Lipinski definition) is 2. The molecule has 1 atom stereocenters. The lowest BCUT2D eigenvalue weighted by Gasteiger charge is -2.15. The number of carbonyl (C=O) groups is 1. The topological polar surface area (TPSA) is 103 Å². The van der Waals surface area contributed by atoms with Gasteiger partial charge in [-0.2, -0.15) is 0 Å². The highest BCUT2D eigenvalue weighted by Gasteiger charge is 2.27. The maximum absolute atomic E-state index is 12.0. The summed E-state index contributed by atoms with van der Waals surface area (Å²) in [5.74, 6) is 1.55. The van der Waals surface area contributed by atoms with Gasteiger partial charge in [-0.15, -0.1) is 0 Å². The van der Waals surface area contributed by atoms with Crippen LogP contribution in [0.5, 0.6) is 17.2 Å². The van der Waals surface area contributed by atoms with Crippen LogP contribution in [0.1, 0.15) is 6.42 Å². The molecule has 2 amide bonds. The maximum Gasteiger partial charge on any atom is 0.319 e. The maximum atomic E-state index is 12.0. The molecule has 9 heteroatoms. The first-order valence-corrected chi connectivity index (χ1v) is 9.26. The zero-order valence-corrected chi connectivity index (χ0v) is 14.7. The summed E-state index contributed by atoms with van der Waals surface area (Å²) < 4.78 is 38.5. The molecule has 2 rings (SSSR count). The third kappa shape index (κ3) is 4.44. The minimum absolute atomic E-state index is 0.0410. The predicted octanol–water partition coefficient (Wildman–Crippen LogP) is 1.27. The first kappa shape index (κ1) is 18.2. The van der Waals surface area contributed by atoms with Crippen LogP contribution in [0.4, 0.5) is 10.5 Å². The Morgan fingerprint density at radius 2 is 1.79 bits per heavy atom.